The van der Waals surface area contributed by atoms with Gasteiger partial charge in [0.1, 0.15) is 0 Å². The molecule has 0 aromatic carbocycles. The lowest BCUT2D eigenvalue weighted by molar-refractivity contribution is 0.734. The second-order valence-corrected chi connectivity index (χ2v) is 4.26. The van der Waals surface area contributed by atoms with Crippen LogP contribution < -0.4 is 0 Å². The van der Waals surface area contributed by atoms with Gasteiger partial charge in [0, 0.05) is 0 Å². The van der Waals surface area contributed by atoms with E-state index < -0.39 is 0 Å². The smallest absolute Gasteiger partial charge is 0.00675 e. The summed E-state index contributed by atoms with van der Waals surface area (Å²) in [5.41, 5.74) is 0. The Hall–Kier alpha value is 0.0900. The molecule has 0 nitrogen and oxygen atoms in total. The number of allylic oxidation sites excluding steroid dienone is 2. The Bertz CT molecular complexity index is 97.2. The molecule has 1 heteroatoms. The summed E-state index contributed by atoms with van der Waals surface area (Å²) in [6, 6.07) is 0. The summed E-state index contributed by atoms with van der Waals surface area (Å²) in [7, 11) is 0. The van der Waals surface area contributed by atoms with Crippen LogP contribution in [0.3, 0.4) is 0 Å². The minimum absolute atomic E-state index is 1.27. The number of unbranched alkanes of at least 4 members (excludes halogenated alkanes) is 3. The zero-order valence-electron chi connectivity index (χ0n) is 8.51. The summed E-state index contributed by atoms with van der Waals surface area (Å²) < 4.78 is 0. The van der Waals surface area contributed by atoms with E-state index in [0.29, 0.717) is 0 Å². The fourth-order valence-corrected chi connectivity index (χ4v) is 1.96. The largest absolute Gasteiger partial charge is 0.162 e. The molecule has 0 aliphatic carbocycles. The molecule has 0 amide bonds. The van der Waals surface area contributed by atoms with E-state index >= 15 is 0 Å². The van der Waals surface area contributed by atoms with E-state index in [0.717, 1.165) is 0 Å². The lowest BCUT2D eigenvalue weighted by Gasteiger charge is -1.98. The highest BCUT2D eigenvalue weighted by Gasteiger charge is 1.88. The molecule has 0 bridgehead atoms. The van der Waals surface area contributed by atoms with E-state index in [2.05, 4.69) is 37.8 Å². The fraction of sp³-hybridized carbons (Fsp3) is 0.818. The monoisotopic (exact) mass is 186 g/mol. The van der Waals surface area contributed by atoms with Gasteiger partial charge in [0.25, 0.3) is 0 Å². The molecule has 0 saturated carbocycles. The molecular weight excluding hydrogens is 164 g/mol. The number of hydrogen-bond acceptors (Lipinski definition) is 1. The molecule has 0 aliphatic heterocycles. The Labute approximate surface area is 81.8 Å². The molecule has 0 radical (unpaired) electrons. The Morgan fingerprint density at radius 1 is 1.08 bits per heavy atom. The van der Waals surface area contributed by atoms with Gasteiger partial charge < -0.3 is 0 Å². The molecule has 72 valence electrons. The van der Waals surface area contributed by atoms with Crippen LogP contribution in [0.4, 0.5) is 0 Å². The number of hydrogen-bond donors (Lipinski definition) is 0. The van der Waals surface area contributed by atoms with Gasteiger partial charge in [-0.25, -0.2) is 0 Å². The highest BCUT2D eigenvalue weighted by molar-refractivity contribution is 7.99. The highest BCUT2D eigenvalue weighted by Crippen LogP contribution is 2.08. The molecular formula is C11H22S. The third-order valence-corrected chi connectivity index (χ3v) is 3.02. The second-order valence-electron chi connectivity index (χ2n) is 3.03. The molecule has 0 rings (SSSR count). The van der Waals surface area contributed by atoms with E-state index in [1.54, 1.807) is 0 Å². The van der Waals surface area contributed by atoms with Crippen molar-refractivity contribution in [3.05, 3.63) is 12.2 Å². The van der Waals surface area contributed by atoms with E-state index in [4.69, 9.17) is 0 Å². The molecule has 12 heavy (non-hydrogen) atoms. The molecule has 0 fully saturated rings. The quantitative estimate of drug-likeness (QED) is 0.403. The van der Waals surface area contributed by atoms with Gasteiger partial charge >= 0.3 is 0 Å². The van der Waals surface area contributed by atoms with Gasteiger partial charge in [0.05, 0.1) is 0 Å². The summed E-state index contributed by atoms with van der Waals surface area (Å²) in [6.07, 6.45) is 11.2. The molecule has 0 aliphatic rings. The second kappa shape index (κ2) is 11.1. The van der Waals surface area contributed by atoms with Crippen molar-refractivity contribution >= 4 is 11.8 Å². The van der Waals surface area contributed by atoms with Gasteiger partial charge in [0.2, 0.25) is 0 Å². The lowest BCUT2D eigenvalue weighted by Crippen LogP contribution is -1.82. The van der Waals surface area contributed by atoms with E-state index in [-0.39, 0.29) is 0 Å². The summed E-state index contributed by atoms with van der Waals surface area (Å²) >= 11 is 2.10. The van der Waals surface area contributed by atoms with Crippen LogP contribution in [0.1, 0.15) is 46.0 Å². The number of thioether (sulfide) groups is 1. The Morgan fingerprint density at radius 2 is 1.92 bits per heavy atom. The van der Waals surface area contributed by atoms with Crippen LogP contribution >= 0.6 is 11.8 Å². The van der Waals surface area contributed by atoms with Gasteiger partial charge in [-0.1, -0.05) is 25.5 Å². The van der Waals surface area contributed by atoms with Gasteiger partial charge in [0.15, 0.2) is 0 Å². The van der Waals surface area contributed by atoms with Gasteiger partial charge in [-0.05, 0) is 44.1 Å². The first-order valence-corrected chi connectivity index (χ1v) is 6.26. The minimum atomic E-state index is 1.27. The third kappa shape index (κ3) is 10.1. The SMILES string of the molecule is C/C=C/CCCCCSCCC. The van der Waals surface area contributed by atoms with Crippen LogP contribution in [-0.4, -0.2) is 11.5 Å². The zero-order chi connectivity index (χ0) is 9.07. The van der Waals surface area contributed by atoms with Crippen LogP contribution in [0, 0.1) is 0 Å². The molecule has 0 aromatic rings. The van der Waals surface area contributed by atoms with Crippen molar-refractivity contribution in [3.8, 4) is 0 Å². The van der Waals surface area contributed by atoms with E-state index in [9.17, 15) is 0 Å². The van der Waals surface area contributed by atoms with Crippen molar-refractivity contribution in [2.45, 2.75) is 46.0 Å². The molecule has 0 unspecified atom stereocenters. The summed E-state index contributed by atoms with van der Waals surface area (Å²) in [6.45, 7) is 4.34. The molecule has 0 saturated heterocycles. The fourth-order valence-electron chi connectivity index (χ4n) is 1.06. The predicted octanol–water partition coefficient (Wildman–Crippen LogP) is 4.27. The van der Waals surface area contributed by atoms with Crippen molar-refractivity contribution in [2.24, 2.45) is 0 Å². The highest BCUT2D eigenvalue weighted by atomic mass is 32.2. The van der Waals surface area contributed by atoms with E-state index in [1.165, 1.54) is 43.6 Å². The zero-order valence-corrected chi connectivity index (χ0v) is 9.33. The average molecular weight is 186 g/mol. The van der Waals surface area contributed by atoms with Gasteiger partial charge in [-0.2, -0.15) is 11.8 Å². The van der Waals surface area contributed by atoms with Crippen molar-refractivity contribution in [1.29, 1.82) is 0 Å². The van der Waals surface area contributed by atoms with Crippen LogP contribution in [0.2, 0.25) is 0 Å². The maximum Gasteiger partial charge on any atom is -0.00675 e. The van der Waals surface area contributed by atoms with Crippen LogP contribution in [-0.2, 0) is 0 Å². The van der Waals surface area contributed by atoms with Crippen LogP contribution in [0.5, 0.6) is 0 Å². The predicted molar refractivity (Wildman–Crippen MR) is 60.9 cm³/mol. The molecule has 0 heterocycles. The maximum atomic E-state index is 2.26. The first kappa shape index (κ1) is 12.1. The molecule has 0 aromatic heterocycles. The third-order valence-electron chi connectivity index (χ3n) is 1.74. The van der Waals surface area contributed by atoms with Crippen molar-refractivity contribution in [1.82, 2.24) is 0 Å². The number of rotatable bonds is 8. The first-order chi connectivity index (χ1) is 5.91. The van der Waals surface area contributed by atoms with Crippen LogP contribution in [0.15, 0.2) is 12.2 Å². The van der Waals surface area contributed by atoms with Crippen molar-refractivity contribution < 1.29 is 0 Å². The van der Waals surface area contributed by atoms with Gasteiger partial charge in [-0.15, -0.1) is 0 Å². The Kier molecular flexibility index (Phi) is 11.2. The molecule has 0 atom stereocenters. The standard InChI is InChI=1S/C11H22S/c1-3-5-6-7-8-9-11-12-10-4-2/h3,5H,4,6-11H2,1-2H3/b5-3+. The Morgan fingerprint density at radius 3 is 2.58 bits per heavy atom. The molecule has 0 spiro atoms. The maximum absolute atomic E-state index is 2.26. The summed E-state index contributed by atoms with van der Waals surface area (Å²) in [4.78, 5) is 0. The average Bonchev–Trinajstić information content (AvgIpc) is 2.10. The van der Waals surface area contributed by atoms with Crippen molar-refractivity contribution in [2.75, 3.05) is 11.5 Å². The topological polar surface area (TPSA) is 0 Å². The van der Waals surface area contributed by atoms with Gasteiger partial charge in [-0.3, -0.25) is 0 Å². The summed E-state index contributed by atoms with van der Waals surface area (Å²) in [5, 5.41) is 0. The minimum Gasteiger partial charge on any atom is -0.162 e. The lowest BCUT2D eigenvalue weighted by atomic mass is 10.2. The first-order valence-electron chi connectivity index (χ1n) is 5.10. The van der Waals surface area contributed by atoms with Crippen molar-refractivity contribution in [3.63, 3.8) is 0 Å². The molecule has 0 N–H and O–H groups in total. The summed E-state index contributed by atoms with van der Waals surface area (Å²) in [5.74, 6) is 2.71. The van der Waals surface area contributed by atoms with E-state index in [1.807, 2.05) is 0 Å². The normalized spacial score (nSPS) is 11.2. The Balaban J connectivity index is 2.81. The van der Waals surface area contributed by atoms with Crippen LogP contribution in [0.25, 0.3) is 0 Å².